The molecule has 2 heterocycles. The highest BCUT2D eigenvalue weighted by molar-refractivity contribution is 5.56. The number of fused-ring (bicyclic) bond motifs is 3. The summed E-state index contributed by atoms with van der Waals surface area (Å²) >= 11 is 0. The highest BCUT2D eigenvalue weighted by Gasteiger charge is 2.35. The molecule has 2 aromatic rings. The topological polar surface area (TPSA) is 42.7 Å². The Balaban J connectivity index is 1.74. The Morgan fingerprint density at radius 1 is 1.21 bits per heavy atom. The van der Waals surface area contributed by atoms with Crippen LogP contribution in [-0.4, -0.2) is 21.3 Å². The van der Waals surface area contributed by atoms with Gasteiger partial charge in [0, 0.05) is 12.1 Å². The van der Waals surface area contributed by atoms with Gasteiger partial charge in [-0.1, -0.05) is 6.42 Å². The zero-order valence-electron chi connectivity index (χ0n) is 10.5. The minimum atomic E-state index is -0.235. The van der Waals surface area contributed by atoms with Crippen molar-refractivity contribution in [3.63, 3.8) is 0 Å². The summed E-state index contributed by atoms with van der Waals surface area (Å²) in [5.41, 5.74) is 0.861. The minimum absolute atomic E-state index is 0.235. The van der Waals surface area contributed by atoms with Gasteiger partial charge >= 0.3 is 0 Å². The first-order valence-electron chi connectivity index (χ1n) is 6.77. The number of rotatable bonds is 1. The van der Waals surface area contributed by atoms with Crippen LogP contribution < -0.4 is 5.32 Å². The molecule has 1 saturated carbocycles. The first kappa shape index (κ1) is 11.0. The van der Waals surface area contributed by atoms with E-state index in [9.17, 15) is 4.39 Å². The Hall–Kier alpha value is -1.91. The molecule has 0 saturated heterocycles. The number of aromatic nitrogens is 3. The molecule has 5 heteroatoms. The zero-order chi connectivity index (χ0) is 12.8. The van der Waals surface area contributed by atoms with Crippen LogP contribution >= 0.6 is 0 Å². The van der Waals surface area contributed by atoms with E-state index in [2.05, 4.69) is 15.4 Å². The summed E-state index contributed by atoms with van der Waals surface area (Å²) in [6.07, 6.45) is 3.72. The van der Waals surface area contributed by atoms with E-state index in [0.717, 1.165) is 18.1 Å². The van der Waals surface area contributed by atoms with Crippen LogP contribution in [0.15, 0.2) is 24.3 Å². The SMILES string of the molecule is Fc1ccc(-c2nc3n(n2)C2CCCC2CN3)cc1. The number of halogens is 1. The molecular weight excluding hydrogens is 243 g/mol. The van der Waals surface area contributed by atoms with Gasteiger partial charge in [0.1, 0.15) is 5.82 Å². The lowest BCUT2D eigenvalue weighted by atomic mass is 10.0. The van der Waals surface area contributed by atoms with Crippen molar-refractivity contribution in [1.82, 2.24) is 14.8 Å². The summed E-state index contributed by atoms with van der Waals surface area (Å²) in [6, 6.07) is 6.83. The summed E-state index contributed by atoms with van der Waals surface area (Å²) in [4.78, 5) is 4.53. The van der Waals surface area contributed by atoms with Gasteiger partial charge in [0.2, 0.25) is 5.95 Å². The largest absolute Gasteiger partial charge is 0.354 e. The normalized spacial score (nSPS) is 24.7. The Kier molecular flexibility index (Phi) is 2.33. The fraction of sp³-hybridized carbons (Fsp3) is 0.429. The molecule has 1 aliphatic carbocycles. The standard InChI is InChI=1S/C14H15FN4/c15-11-6-4-9(5-7-11)13-17-14-16-8-10-2-1-3-12(10)19(14)18-13/h4-7,10,12H,1-3,8H2,(H,16,17,18). The highest BCUT2D eigenvalue weighted by Crippen LogP contribution is 2.40. The molecule has 1 aromatic heterocycles. The van der Waals surface area contributed by atoms with Gasteiger partial charge in [-0.15, -0.1) is 5.10 Å². The average Bonchev–Trinajstić information content (AvgIpc) is 3.04. The Morgan fingerprint density at radius 3 is 2.89 bits per heavy atom. The van der Waals surface area contributed by atoms with Gasteiger partial charge < -0.3 is 5.32 Å². The molecule has 1 aliphatic heterocycles. The summed E-state index contributed by atoms with van der Waals surface area (Å²) in [5.74, 6) is 1.97. The number of hydrogen-bond donors (Lipinski definition) is 1. The number of anilines is 1. The second-order valence-electron chi connectivity index (χ2n) is 5.35. The van der Waals surface area contributed by atoms with Gasteiger partial charge in [-0.25, -0.2) is 9.07 Å². The van der Waals surface area contributed by atoms with E-state index in [1.165, 1.54) is 31.4 Å². The van der Waals surface area contributed by atoms with Crippen LogP contribution in [0.3, 0.4) is 0 Å². The fourth-order valence-electron chi connectivity index (χ4n) is 3.20. The third kappa shape index (κ3) is 1.72. The van der Waals surface area contributed by atoms with Gasteiger partial charge in [0.05, 0.1) is 6.04 Å². The van der Waals surface area contributed by atoms with Gasteiger partial charge in [0.15, 0.2) is 5.82 Å². The molecular formula is C14H15FN4. The monoisotopic (exact) mass is 258 g/mol. The zero-order valence-corrected chi connectivity index (χ0v) is 10.5. The first-order valence-corrected chi connectivity index (χ1v) is 6.77. The minimum Gasteiger partial charge on any atom is -0.354 e. The van der Waals surface area contributed by atoms with Crippen LogP contribution in [-0.2, 0) is 0 Å². The van der Waals surface area contributed by atoms with Crippen molar-refractivity contribution in [2.45, 2.75) is 25.3 Å². The molecule has 0 bridgehead atoms. The van der Waals surface area contributed by atoms with E-state index < -0.39 is 0 Å². The van der Waals surface area contributed by atoms with Gasteiger partial charge in [-0.3, -0.25) is 0 Å². The average molecular weight is 258 g/mol. The molecule has 0 radical (unpaired) electrons. The maximum absolute atomic E-state index is 12.9. The van der Waals surface area contributed by atoms with Gasteiger partial charge in [-0.05, 0) is 43.0 Å². The van der Waals surface area contributed by atoms with Crippen LogP contribution in [0.2, 0.25) is 0 Å². The van der Waals surface area contributed by atoms with Crippen molar-refractivity contribution in [3.05, 3.63) is 30.1 Å². The molecule has 98 valence electrons. The lowest BCUT2D eigenvalue weighted by Gasteiger charge is -2.26. The molecule has 0 amide bonds. The molecule has 2 aliphatic rings. The van der Waals surface area contributed by atoms with E-state index in [0.29, 0.717) is 17.8 Å². The van der Waals surface area contributed by atoms with Crippen LogP contribution in [0.1, 0.15) is 25.3 Å². The lowest BCUT2D eigenvalue weighted by molar-refractivity contribution is 0.346. The van der Waals surface area contributed by atoms with Crippen molar-refractivity contribution in [2.24, 2.45) is 5.92 Å². The maximum Gasteiger partial charge on any atom is 0.221 e. The predicted molar refractivity (Wildman–Crippen MR) is 70.3 cm³/mol. The van der Waals surface area contributed by atoms with Crippen LogP contribution in [0, 0.1) is 11.7 Å². The Labute approximate surface area is 110 Å². The molecule has 4 rings (SSSR count). The molecule has 1 fully saturated rings. The van der Waals surface area contributed by atoms with Crippen molar-refractivity contribution in [2.75, 3.05) is 11.9 Å². The molecule has 19 heavy (non-hydrogen) atoms. The second-order valence-corrected chi connectivity index (χ2v) is 5.35. The lowest BCUT2D eigenvalue weighted by Crippen LogP contribution is -2.29. The quantitative estimate of drug-likeness (QED) is 0.855. The van der Waals surface area contributed by atoms with Crippen molar-refractivity contribution < 1.29 is 4.39 Å². The third-order valence-corrected chi connectivity index (χ3v) is 4.19. The molecule has 4 nitrogen and oxygen atoms in total. The van der Waals surface area contributed by atoms with Crippen LogP contribution in [0.5, 0.6) is 0 Å². The summed E-state index contributed by atoms with van der Waals surface area (Å²) < 4.78 is 15.0. The van der Waals surface area contributed by atoms with E-state index in [4.69, 9.17) is 0 Å². The van der Waals surface area contributed by atoms with Crippen molar-refractivity contribution >= 4 is 5.95 Å². The van der Waals surface area contributed by atoms with E-state index >= 15 is 0 Å². The van der Waals surface area contributed by atoms with Gasteiger partial charge in [-0.2, -0.15) is 4.98 Å². The molecule has 0 spiro atoms. The molecule has 1 N–H and O–H groups in total. The second kappa shape index (κ2) is 4.05. The van der Waals surface area contributed by atoms with Crippen molar-refractivity contribution in [3.8, 4) is 11.4 Å². The smallest absolute Gasteiger partial charge is 0.221 e. The number of hydrogen-bond acceptors (Lipinski definition) is 3. The first-order chi connectivity index (χ1) is 9.31. The molecule has 2 unspecified atom stereocenters. The van der Waals surface area contributed by atoms with Crippen molar-refractivity contribution in [1.29, 1.82) is 0 Å². The summed E-state index contributed by atoms with van der Waals surface area (Å²) in [7, 11) is 0. The number of nitrogens with one attached hydrogen (secondary N) is 1. The molecule has 1 aromatic carbocycles. The van der Waals surface area contributed by atoms with Gasteiger partial charge in [0.25, 0.3) is 0 Å². The van der Waals surface area contributed by atoms with E-state index in [1.807, 2.05) is 4.68 Å². The Bertz CT molecular complexity index is 604. The third-order valence-electron chi connectivity index (χ3n) is 4.19. The number of nitrogens with zero attached hydrogens (tertiary/aromatic N) is 3. The fourth-order valence-corrected chi connectivity index (χ4v) is 3.20. The predicted octanol–water partition coefficient (Wildman–Crippen LogP) is 2.85. The summed E-state index contributed by atoms with van der Waals surface area (Å²) in [6.45, 7) is 0.992. The Morgan fingerprint density at radius 2 is 2.05 bits per heavy atom. The number of benzene rings is 1. The highest BCUT2D eigenvalue weighted by atomic mass is 19.1. The maximum atomic E-state index is 12.9. The molecule has 2 atom stereocenters. The van der Waals surface area contributed by atoms with E-state index in [-0.39, 0.29) is 5.82 Å². The summed E-state index contributed by atoms with van der Waals surface area (Å²) in [5, 5.41) is 7.96. The van der Waals surface area contributed by atoms with Crippen LogP contribution in [0.4, 0.5) is 10.3 Å². The van der Waals surface area contributed by atoms with Crippen LogP contribution in [0.25, 0.3) is 11.4 Å². The van der Waals surface area contributed by atoms with E-state index in [1.54, 1.807) is 12.1 Å².